The predicted octanol–water partition coefficient (Wildman–Crippen LogP) is 3.43. The fraction of sp³-hybridized carbons (Fsp3) is 0.143. The first-order chi connectivity index (χ1) is 13.2. The number of hydrogen-bond acceptors (Lipinski definition) is 4. The van der Waals surface area contributed by atoms with E-state index in [4.69, 9.17) is 9.47 Å². The first-order valence-corrected chi connectivity index (χ1v) is 8.51. The van der Waals surface area contributed by atoms with Gasteiger partial charge in [0.25, 0.3) is 5.91 Å². The molecule has 0 aliphatic carbocycles. The number of nitrogens with zero attached hydrogens (tertiary/aromatic N) is 1. The zero-order chi connectivity index (χ0) is 18.8. The number of nitrogens with one attached hydrogen (secondary N) is 2. The molecule has 0 spiro atoms. The maximum atomic E-state index is 12.5. The Balaban J connectivity index is 1.53. The van der Waals surface area contributed by atoms with Crippen LogP contribution in [0.5, 0.6) is 11.5 Å². The summed E-state index contributed by atoms with van der Waals surface area (Å²) in [6.45, 7) is 2.42. The first-order valence-electron chi connectivity index (χ1n) is 8.51. The number of aromatic nitrogens is 1. The molecule has 2 aromatic carbocycles. The number of aromatic amines is 1. The van der Waals surface area contributed by atoms with E-state index in [1.54, 1.807) is 12.1 Å². The van der Waals surface area contributed by atoms with Crippen LogP contribution in [0.3, 0.4) is 0 Å². The predicted molar refractivity (Wildman–Crippen MR) is 101 cm³/mol. The molecule has 6 heteroatoms. The maximum absolute atomic E-state index is 12.5. The van der Waals surface area contributed by atoms with E-state index < -0.39 is 5.91 Å². The zero-order valence-electron chi connectivity index (χ0n) is 14.7. The van der Waals surface area contributed by atoms with Gasteiger partial charge in [-0.1, -0.05) is 24.3 Å². The number of amides is 1. The first kappa shape index (κ1) is 16.7. The van der Waals surface area contributed by atoms with E-state index in [1.165, 1.54) is 0 Å². The molecule has 0 unspecified atom stereocenters. The van der Waals surface area contributed by atoms with Crippen LogP contribution in [0.25, 0.3) is 17.0 Å². The van der Waals surface area contributed by atoms with Gasteiger partial charge >= 0.3 is 0 Å². The van der Waals surface area contributed by atoms with Crippen molar-refractivity contribution < 1.29 is 14.3 Å². The summed E-state index contributed by atoms with van der Waals surface area (Å²) in [7, 11) is 0. The van der Waals surface area contributed by atoms with Gasteiger partial charge in [-0.3, -0.25) is 4.79 Å². The van der Waals surface area contributed by atoms with E-state index in [-0.39, 0.29) is 12.4 Å². The van der Waals surface area contributed by atoms with Crippen LogP contribution in [0.1, 0.15) is 16.8 Å². The number of hydrogen-bond donors (Lipinski definition) is 2. The molecule has 0 saturated carbocycles. The number of carbonyl (C=O) groups is 1. The Bertz CT molecular complexity index is 1110. The van der Waals surface area contributed by atoms with E-state index in [1.807, 2.05) is 49.4 Å². The van der Waals surface area contributed by atoms with Gasteiger partial charge in [0.05, 0.1) is 0 Å². The van der Waals surface area contributed by atoms with Gasteiger partial charge in [-0.25, -0.2) is 0 Å². The fourth-order valence-electron chi connectivity index (χ4n) is 3.11. The SMILES string of the molecule is Cc1[nH]c2ccccc2c1C=C(C#N)C(=O)NCc1ccc2c(c1)OCO2. The van der Waals surface area contributed by atoms with Crippen molar-refractivity contribution in [3.8, 4) is 17.6 Å². The average Bonchev–Trinajstić information content (AvgIpc) is 3.27. The van der Waals surface area contributed by atoms with Crippen LogP contribution in [-0.4, -0.2) is 17.7 Å². The summed E-state index contributed by atoms with van der Waals surface area (Å²) < 4.78 is 10.6. The molecule has 134 valence electrons. The van der Waals surface area contributed by atoms with Crippen LogP contribution < -0.4 is 14.8 Å². The molecule has 27 heavy (non-hydrogen) atoms. The van der Waals surface area contributed by atoms with Crippen molar-refractivity contribution in [2.45, 2.75) is 13.5 Å². The topological polar surface area (TPSA) is 87.1 Å². The molecule has 6 nitrogen and oxygen atoms in total. The van der Waals surface area contributed by atoms with E-state index in [0.717, 1.165) is 27.7 Å². The molecule has 2 N–H and O–H groups in total. The van der Waals surface area contributed by atoms with Crippen LogP contribution in [-0.2, 0) is 11.3 Å². The average molecular weight is 359 g/mol. The standard InChI is InChI=1S/C21H17N3O3/c1-13-17(16-4-2-3-5-18(16)24-13)9-15(10-22)21(25)23-11-14-6-7-19-20(8-14)27-12-26-19/h2-9,24H,11-12H2,1H3,(H,23,25). The molecule has 0 bridgehead atoms. The van der Waals surface area contributed by atoms with E-state index in [9.17, 15) is 10.1 Å². The lowest BCUT2D eigenvalue weighted by molar-refractivity contribution is -0.117. The third-order valence-corrected chi connectivity index (χ3v) is 4.49. The summed E-state index contributed by atoms with van der Waals surface area (Å²) >= 11 is 0. The van der Waals surface area contributed by atoms with E-state index in [0.29, 0.717) is 18.0 Å². The van der Waals surface area contributed by atoms with Gasteiger partial charge in [0.2, 0.25) is 6.79 Å². The summed E-state index contributed by atoms with van der Waals surface area (Å²) in [4.78, 5) is 15.8. The summed E-state index contributed by atoms with van der Waals surface area (Å²) in [6, 6.07) is 15.3. The van der Waals surface area contributed by atoms with Crippen molar-refractivity contribution in [1.82, 2.24) is 10.3 Å². The van der Waals surface area contributed by atoms with Gasteiger partial charge in [-0.05, 0) is 36.8 Å². The highest BCUT2D eigenvalue weighted by atomic mass is 16.7. The summed E-state index contributed by atoms with van der Waals surface area (Å²) in [5.41, 5.74) is 3.66. The van der Waals surface area contributed by atoms with Crippen molar-refractivity contribution in [3.05, 3.63) is 64.9 Å². The van der Waals surface area contributed by atoms with Crippen molar-refractivity contribution in [1.29, 1.82) is 5.26 Å². The third-order valence-electron chi connectivity index (χ3n) is 4.49. The summed E-state index contributed by atoms with van der Waals surface area (Å²) in [5, 5.41) is 13.2. The number of para-hydroxylation sites is 1. The van der Waals surface area contributed by atoms with Crippen LogP contribution in [0.2, 0.25) is 0 Å². The van der Waals surface area contributed by atoms with Crippen molar-refractivity contribution in [2.24, 2.45) is 0 Å². The second-order valence-corrected chi connectivity index (χ2v) is 6.25. The Morgan fingerprint density at radius 3 is 2.93 bits per heavy atom. The Labute approximate surface area is 156 Å². The number of nitriles is 1. The van der Waals surface area contributed by atoms with Crippen molar-refractivity contribution >= 4 is 22.9 Å². The molecule has 0 radical (unpaired) electrons. The minimum absolute atomic E-state index is 0.0589. The fourth-order valence-corrected chi connectivity index (χ4v) is 3.11. The lowest BCUT2D eigenvalue weighted by Crippen LogP contribution is -2.23. The minimum Gasteiger partial charge on any atom is -0.454 e. The Kier molecular flexibility index (Phi) is 4.27. The second kappa shape index (κ2) is 6.89. The molecule has 1 amide bonds. The summed E-state index contributed by atoms with van der Waals surface area (Å²) in [6.07, 6.45) is 1.63. The van der Waals surface area contributed by atoms with Gasteiger partial charge in [-0.15, -0.1) is 0 Å². The van der Waals surface area contributed by atoms with Crippen LogP contribution >= 0.6 is 0 Å². The number of H-pyrrole nitrogens is 1. The molecule has 0 fully saturated rings. The van der Waals surface area contributed by atoms with E-state index >= 15 is 0 Å². The van der Waals surface area contributed by atoms with Gasteiger partial charge in [0.1, 0.15) is 11.6 Å². The largest absolute Gasteiger partial charge is 0.454 e. The number of benzene rings is 2. The molecule has 4 rings (SSSR count). The smallest absolute Gasteiger partial charge is 0.262 e. The zero-order valence-corrected chi connectivity index (χ0v) is 14.7. The molecular formula is C21H17N3O3. The number of fused-ring (bicyclic) bond motifs is 2. The molecule has 0 atom stereocenters. The van der Waals surface area contributed by atoms with Gasteiger partial charge in [0.15, 0.2) is 11.5 Å². The highest BCUT2D eigenvalue weighted by molar-refractivity contribution is 6.04. The lowest BCUT2D eigenvalue weighted by atomic mass is 10.1. The monoisotopic (exact) mass is 359 g/mol. The molecule has 1 aliphatic rings. The van der Waals surface area contributed by atoms with Gasteiger partial charge in [0, 0.05) is 28.7 Å². The number of rotatable bonds is 4. The van der Waals surface area contributed by atoms with Gasteiger partial charge in [-0.2, -0.15) is 5.26 Å². The Hall–Kier alpha value is -3.72. The quantitative estimate of drug-likeness (QED) is 0.552. The Morgan fingerprint density at radius 2 is 2.07 bits per heavy atom. The molecule has 1 aliphatic heterocycles. The lowest BCUT2D eigenvalue weighted by Gasteiger charge is -2.06. The van der Waals surface area contributed by atoms with Gasteiger partial charge < -0.3 is 19.8 Å². The van der Waals surface area contributed by atoms with Crippen LogP contribution in [0.15, 0.2) is 48.0 Å². The number of aryl methyl sites for hydroxylation is 1. The Morgan fingerprint density at radius 1 is 1.26 bits per heavy atom. The van der Waals surface area contributed by atoms with Crippen LogP contribution in [0, 0.1) is 18.3 Å². The molecule has 0 saturated heterocycles. The highest BCUT2D eigenvalue weighted by Crippen LogP contribution is 2.32. The minimum atomic E-state index is -0.417. The maximum Gasteiger partial charge on any atom is 0.262 e. The van der Waals surface area contributed by atoms with E-state index in [2.05, 4.69) is 10.3 Å². The van der Waals surface area contributed by atoms with Crippen LogP contribution in [0.4, 0.5) is 0 Å². The second-order valence-electron chi connectivity index (χ2n) is 6.25. The molecule has 3 aromatic rings. The third kappa shape index (κ3) is 3.23. The number of carbonyl (C=O) groups excluding carboxylic acids is 1. The molecular weight excluding hydrogens is 342 g/mol. The highest BCUT2D eigenvalue weighted by Gasteiger charge is 2.15. The molecule has 1 aromatic heterocycles. The normalized spacial score (nSPS) is 12.8. The van der Waals surface area contributed by atoms with Crippen molar-refractivity contribution in [3.63, 3.8) is 0 Å². The molecule has 2 heterocycles. The van der Waals surface area contributed by atoms with Crippen molar-refractivity contribution in [2.75, 3.05) is 6.79 Å². The summed E-state index contributed by atoms with van der Waals surface area (Å²) in [5.74, 6) is 0.935. The number of ether oxygens (including phenoxy) is 2.